The van der Waals surface area contributed by atoms with Crippen molar-refractivity contribution in [1.29, 1.82) is 0 Å². The molecule has 0 N–H and O–H groups in total. The van der Waals surface area contributed by atoms with Crippen LogP contribution in [-0.2, 0) is 13.7 Å². The van der Waals surface area contributed by atoms with Crippen molar-refractivity contribution < 1.29 is 9.13 Å². The second-order valence-corrected chi connectivity index (χ2v) is 3.24. The van der Waals surface area contributed by atoms with Gasteiger partial charge in [0.2, 0.25) is 0 Å². The molecule has 0 fully saturated rings. The SMILES string of the molecule is Cn1cncc1COc1ccc(F)cc1. The summed E-state index contributed by atoms with van der Waals surface area (Å²) < 4.78 is 19.9. The third-order valence-electron chi connectivity index (χ3n) is 2.12. The number of halogens is 1. The molecule has 78 valence electrons. The lowest BCUT2D eigenvalue weighted by atomic mass is 10.3. The van der Waals surface area contributed by atoms with E-state index in [1.54, 1.807) is 24.7 Å². The number of aryl methyl sites for hydroxylation is 1. The Kier molecular flexibility index (Phi) is 2.67. The molecular weight excluding hydrogens is 195 g/mol. The van der Waals surface area contributed by atoms with Crippen LogP contribution in [0.3, 0.4) is 0 Å². The molecule has 0 aliphatic carbocycles. The maximum atomic E-state index is 12.6. The van der Waals surface area contributed by atoms with Crippen LogP contribution < -0.4 is 4.74 Å². The van der Waals surface area contributed by atoms with Gasteiger partial charge in [0.25, 0.3) is 0 Å². The van der Waals surface area contributed by atoms with Crippen LogP contribution >= 0.6 is 0 Å². The largest absolute Gasteiger partial charge is 0.487 e. The summed E-state index contributed by atoms with van der Waals surface area (Å²) in [6, 6.07) is 5.95. The Bertz CT molecular complexity index is 436. The summed E-state index contributed by atoms with van der Waals surface area (Å²) >= 11 is 0. The highest BCUT2D eigenvalue weighted by molar-refractivity contribution is 5.22. The average Bonchev–Trinajstić information content (AvgIpc) is 2.63. The highest BCUT2D eigenvalue weighted by Gasteiger charge is 1.99. The van der Waals surface area contributed by atoms with Crippen LogP contribution in [0.25, 0.3) is 0 Å². The fourth-order valence-corrected chi connectivity index (χ4v) is 1.21. The number of ether oxygens (including phenoxy) is 1. The van der Waals surface area contributed by atoms with Gasteiger partial charge in [0.05, 0.1) is 18.2 Å². The maximum Gasteiger partial charge on any atom is 0.130 e. The van der Waals surface area contributed by atoms with Crippen molar-refractivity contribution in [3.63, 3.8) is 0 Å². The van der Waals surface area contributed by atoms with E-state index in [0.717, 1.165) is 5.69 Å². The number of nitrogens with zero attached hydrogens (tertiary/aromatic N) is 2. The zero-order chi connectivity index (χ0) is 10.7. The number of rotatable bonds is 3. The zero-order valence-electron chi connectivity index (χ0n) is 8.35. The highest BCUT2D eigenvalue weighted by atomic mass is 19.1. The van der Waals surface area contributed by atoms with Crippen LogP contribution in [0.5, 0.6) is 5.75 Å². The lowest BCUT2D eigenvalue weighted by Crippen LogP contribution is -2.00. The van der Waals surface area contributed by atoms with Crippen molar-refractivity contribution in [1.82, 2.24) is 9.55 Å². The highest BCUT2D eigenvalue weighted by Crippen LogP contribution is 2.12. The molecule has 0 aliphatic heterocycles. The minimum atomic E-state index is -0.261. The average molecular weight is 206 g/mol. The molecule has 0 aliphatic rings. The summed E-state index contributed by atoms with van der Waals surface area (Å²) in [5.74, 6) is 0.389. The Morgan fingerprint density at radius 3 is 2.67 bits per heavy atom. The maximum absolute atomic E-state index is 12.6. The van der Waals surface area contributed by atoms with Crippen LogP contribution in [-0.4, -0.2) is 9.55 Å². The predicted molar refractivity (Wildman–Crippen MR) is 53.9 cm³/mol. The van der Waals surface area contributed by atoms with Gasteiger partial charge in [-0.2, -0.15) is 0 Å². The van der Waals surface area contributed by atoms with Gasteiger partial charge in [-0.1, -0.05) is 0 Å². The number of benzene rings is 1. The molecule has 0 bridgehead atoms. The van der Waals surface area contributed by atoms with E-state index in [2.05, 4.69) is 4.98 Å². The topological polar surface area (TPSA) is 27.1 Å². The quantitative estimate of drug-likeness (QED) is 0.769. The molecule has 0 unspecified atom stereocenters. The van der Waals surface area contributed by atoms with Gasteiger partial charge < -0.3 is 9.30 Å². The third kappa shape index (κ3) is 2.34. The standard InChI is InChI=1S/C11H11FN2O/c1-14-8-13-6-10(14)7-15-11-4-2-9(12)3-5-11/h2-6,8H,7H2,1H3. The summed E-state index contributed by atoms with van der Waals surface area (Å²) in [5, 5.41) is 0. The van der Waals surface area contributed by atoms with Crippen molar-refractivity contribution in [2.75, 3.05) is 0 Å². The Morgan fingerprint density at radius 2 is 2.07 bits per heavy atom. The summed E-state index contributed by atoms with van der Waals surface area (Å²) in [6.45, 7) is 0.433. The van der Waals surface area contributed by atoms with Gasteiger partial charge in [0.1, 0.15) is 18.2 Å². The van der Waals surface area contributed by atoms with E-state index in [0.29, 0.717) is 12.4 Å². The second kappa shape index (κ2) is 4.13. The lowest BCUT2D eigenvalue weighted by Gasteiger charge is -2.05. The summed E-state index contributed by atoms with van der Waals surface area (Å²) in [7, 11) is 1.90. The molecule has 4 heteroatoms. The van der Waals surface area contributed by atoms with Gasteiger partial charge in [-0.3, -0.25) is 0 Å². The van der Waals surface area contributed by atoms with E-state index in [9.17, 15) is 4.39 Å². The molecular formula is C11H11FN2O. The van der Waals surface area contributed by atoms with Gasteiger partial charge in [-0.25, -0.2) is 9.37 Å². The molecule has 3 nitrogen and oxygen atoms in total. The van der Waals surface area contributed by atoms with Crippen LogP contribution in [0.4, 0.5) is 4.39 Å². The van der Waals surface area contributed by atoms with Gasteiger partial charge >= 0.3 is 0 Å². The summed E-state index contributed by atoms with van der Waals surface area (Å²) in [4.78, 5) is 3.97. The number of imidazole rings is 1. The number of hydrogen-bond acceptors (Lipinski definition) is 2. The van der Waals surface area contributed by atoms with Crippen molar-refractivity contribution in [2.45, 2.75) is 6.61 Å². The third-order valence-corrected chi connectivity index (χ3v) is 2.12. The summed E-state index contributed by atoms with van der Waals surface area (Å²) in [6.07, 6.45) is 3.45. The molecule has 0 spiro atoms. The number of hydrogen-bond donors (Lipinski definition) is 0. The van der Waals surface area contributed by atoms with Crippen LogP contribution in [0.1, 0.15) is 5.69 Å². The first-order valence-corrected chi connectivity index (χ1v) is 4.59. The molecule has 2 rings (SSSR count). The number of aromatic nitrogens is 2. The van der Waals surface area contributed by atoms with E-state index in [4.69, 9.17) is 4.74 Å². The smallest absolute Gasteiger partial charge is 0.130 e. The van der Waals surface area contributed by atoms with Crippen LogP contribution in [0.15, 0.2) is 36.8 Å². The fourth-order valence-electron chi connectivity index (χ4n) is 1.21. The Hall–Kier alpha value is -1.84. The van der Waals surface area contributed by atoms with E-state index in [1.165, 1.54) is 12.1 Å². The molecule has 1 heterocycles. The normalized spacial score (nSPS) is 10.3. The minimum Gasteiger partial charge on any atom is -0.487 e. The van der Waals surface area contributed by atoms with E-state index in [1.807, 2.05) is 11.6 Å². The summed E-state index contributed by atoms with van der Waals surface area (Å²) in [5.41, 5.74) is 0.972. The Balaban J connectivity index is 1.99. The molecule has 0 saturated heterocycles. The molecule has 0 radical (unpaired) electrons. The first-order chi connectivity index (χ1) is 7.25. The van der Waals surface area contributed by atoms with Crippen LogP contribution in [0.2, 0.25) is 0 Å². The van der Waals surface area contributed by atoms with Crippen molar-refractivity contribution >= 4 is 0 Å². The fraction of sp³-hybridized carbons (Fsp3) is 0.182. The van der Waals surface area contributed by atoms with Gasteiger partial charge in [0, 0.05) is 7.05 Å². The molecule has 1 aromatic carbocycles. The zero-order valence-corrected chi connectivity index (χ0v) is 8.35. The molecule has 0 saturated carbocycles. The molecule has 15 heavy (non-hydrogen) atoms. The van der Waals surface area contributed by atoms with Crippen LogP contribution in [0, 0.1) is 5.82 Å². The van der Waals surface area contributed by atoms with Gasteiger partial charge in [-0.15, -0.1) is 0 Å². The molecule has 0 amide bonds. The lowest BCUT2D eigenvalue weighted by molar-refractivity contribution is 0.296. The van der Waals surface area contributed by atoms with Crippen molar-refractivity contribution in [3.05, 3.63) is 48.3 Å². The Labute approximate surface area is 87.1 Å². The van der Waals surface area contributed by atoms with E-state index < -0.39 is 0 Å². The first kappa shape index (κ1) is 9.71. The molecule has 2 aromatic rings. The first-order valence-electron chi connectivity index (χ1n) is 4.59. The minimum absolute atomic E-state index is 0.261. The van der Waals surface area contributed by atoms with Crippen molar-refractivity contribution in [2.24, 2.45) is 7.05 Å². The van der Waals surface area contributed by atoms with E-state index >= 15 is 0 Å². The monoisotopic (exact) mass is 206 g/mol. The molecule has 0 atom stereocenters. The molecule has 1 aromatic heterocycles. The van der Waals surface area contributed by atoms with Gasteiger partial charge in [-0.05, 0) is 24.3 Å². The van der Waals surface area contributed by atoms with Gasteiger partial charge in [0.15, 0.2) is 0 Å². The second-order valence-electron chi connectivity index (χ2n) is 3.24. The van der Waals surface area contributed by atoms with Crippen molar-refractivity contribution in [3.8, 4) is 5.75 Å². The Morgan fingerprint density at radius 1 is 1.33 bits per heavy atom. The predicted octanol–water partition coefficient (Wildman–Crippen LogP) is 2.14. The van der Waals surface area contributed by atoms with E-state index in [-0.39, 0.29) is 5.82 Å².